The van der Waals surface area contributed by atoms with Gasteiger partial charge in [-0.25, -0.2) is 13.1 Å². The van der Waals surface area contributed by atoms with E-state index < -0.39 is 10.0 Å². The van der Waals surface area contributed by atoms with Gasteiger partial charge in [0.25, 0.3) is 0 Å². The minimum atomic E-state index is -3.09. The van der Waals surface area contributed by atoms with Crippen molar-refractivity contribution in [2.45, 2.75) is 51.1 Å². The maximum Gasteiger partial charge on any atom is 0.219 e. The number of hydrogen-bond donors (Lipinski definition) is 1. The summed E-state index contributed by atoms with van der Waals surface area (Å²) in [5.74, 6) is 0.183. The Morgan fingerprint density at radius 3 is 2.52 bits per heavy atom. The Morgan fingerprint density at radius 2 is 1.86 bits per heavy atom. The third-order valence-electron chi connectivity index (χ3n) is 4.55. The van der Waals surface area contributed by atoms with E-state index in [4.69, 9.17) is 0 Å². The highest BCUT2D eigenvalue weighted by molar-refractivity contribution is 7.88. The van der Waals surface area contributed by atoms with E-state index in [-0.39, 0.29) is 5.91 Å². The fourth-order valence-corrected chi connectivity index (χ4v) is 4.20. The fourth-order valence-electron chi connectivity index (χ4n) is 3.69. The van der Waals surface area contributed by atoms with Crippen LogP contribution in [0.2, 0.25) is 0 Å². The Hall–Kier alpha value is -0.660. The van der Waals surface area contributed by atoms with Crippen molar-refractivity contribution in [2.24, 2.45) is 0 Å². The maximum atomic E-state index is 11.7. The number of likely N-dealkylation sites (tertiary alicyclic amines) is 2. The molecule has 0 saturated carbocycles. The van der Waals surface area contributed by atoms with Crippen molar-refractivity contribution in [3.05, 3.63) is 0 Å². The van der Waals surface area contributed by atoms with Crippen molar-refractivity contribution in [3.8, 4) is 0 Å². The summed E-state index contributed by atoms with van der Waals surface area (Å²) in [4.78, 5) is 16.2. The monoisotopic (exact) mass is 317 g/mol. The number of carbonyl (C=O) groups is 1. The van der Waals surface area contributed by atoms with Gasteiger partial charge in [-0.05, 0) is 45.2 Å². The fraction of sp³-hybridized carbons (Fsp3) is 0.929. The van der Waals surface area contributed by atoms with Gasteiger partial charge in [-0.2, -0.15) is 0 Å². The van der Waals surface area contributed by atoms with Gasteiger partial charge in [0.05, 0.1) is 6.26 Å². The summed E-state index contributed by atoms with van der Waals surface area (Å²) in [6.45, 7) is 5.00. The second-order valence-electron chi connectivity index (χ2n) is 6.19. The van der Waals surface area contributed by atoms with Crippen LogP contribution in [0, 0.1) is 0 Å². The molecule has 2 fully saturated rings. The number of sulfonamides is 1. The lowest BCUT2D eigenvalue weighted by atomic mass is 10.0. The van der Waals surface area contributed by atoms with Gasteiger partial charge in [0.15, 0.2) is 0 Å². The molecule has 0 aromatic carbocycles. The molecule has 2 unspecified atom stereocenters. The summed E-state index contributed by atoms with van der Waals surface area (Å²) in [6, 6.07) is 0.808. The van der Waals surface area contributed by atoms with Gasteiger partial charge in [-0.15, -0.1) is 0 Å². The first-order valence-corrected chi connectivity index (χ1v) is 9.73. The van der Waals surface area contributed by atoms with Gasteiger partial charge in [0.1, 0.15) is 0 Å². The van der Waals surface area contributed by atoms with Crippen LogP contribution < -0.4 is 4.72 Å². The Balaban J connectivity index is 1.84. The highest BCUT2D eigenvalue weighted by Crippen LogP contribution is 2.30. The Morgan fingerprint density at radius 1 is 1.19 bits per heavy atom. The number of amides is 1. The van der Waals surface area contributed by atoms with Crippen LogP contribution >= 0.6 is 0 Å². The minimum Gasteiger partial charge on any atom is -0.338 e. The molecule has 0 aliphatic carbocycles. The van der Waals surface area contributed by atoms with Crippen LogP contribution in [0.1, 0.15) is 39.0 Å². The topological polar surface area (TPSA) is 69.7 Å². The summed E-state index contributed by atoms with van der Waals surface area (Å²) < 4.78 is 24.6. The summed E-state index contributed by atoms with van der Waals surface area (Å²) in [5.41, 5.74) is 0. The molecule has 1 N–H and O–H groups in total. The zero-order chi connectivity index (χ0) is 15.5. The van der Waals surface area contributed by atoms with Gasteiger partial charge in [0.2, 0.25) is 15.9 Å². The summed E-state index contributed by atoms with van der Waals surface area (Å²) in [7, 11) is -3.09. The maximum absolute atomic E-state index is 11.7. The van der Waals surface area contributed by atoms with E-state index in [0.717, 1.165) is 45.3 Å². The standard InChI is InChI=1S/C14H27N3O3S/c1-12(18)17-11-4-7-14(17)13-6-3-9-16(13)10-5-8-15-21(2,19)20/h13-15H,3-11H2,1-2H3. The van der Waals surface area contributed by atoms with E-state index in [2.05, 4.69) is 9.62 Å². The molecule has 122 valence electrons. The largest absolute Gasteiger partial charge is 0.338 e. The third-order valence-corrected chi connectivity index (χ3v) is 5.28. The lowest BCUT2D eigenvalue weighted by molar-refractivity contribution is -0.130. The summed E-state index contributed by atoms with van der Waals surface area (Å²) in [6.07, 6.45) is 6.53. The van der Waals surface area contributed by atoms with Crippen molar-refractivity contribution in [2.75, 3.05) is 32.4 Å². The molecule has 7 heteroatoms. The smallest absolute Gasteiger partial charge is 0.219 e. The van der Waals surface area contributed by atoms with E-state index in [9.17, 15) is 13.2 Å². The van der Waals surface area contributed by atoms with Crippen LogP contribution in [0.3, 0.4) is 0 Å². The molecule has 0 spiro atoms. The van der Waals surface area contributed by atoms with Crippen molar-refractivity contribution in [1.82, 2.24) is 14.5 Å². The molecule has 0 aromatic heterocycles. The van der Waals surface area contributed by atoms with Gasteiger partial charge >= 0.3 is 0 Å². The average molecular weight is 317 g/mol. The molecular formula is C14H27N3O3S. The molecule has 2 heterocycles. The molecule has 2 rings (SSSR count). The molecule has 6 nitrogen and oxygen atoms in total. The molecule has 0 bridgehead atoms. The lowest BCUT2D eigenvalue weighted by Gasteiger charge is -2.34. The zero-order valence-corrected chi connectivity index (χ0v) is 13.9. The highest BCUT2D eigenvalue weighted by atomic mass is 32.2. The van der Waals surface area contributed by atoms with Crippen LogP contribution in [0.5, 0.6) is 0 Å². The molecule has 2 aliphatic rings. The number of nitrogens with zero attached hydrogens (tertiary/aromatic N) is 2. The normalized spacial score (nSPS) is 27.4. The molecule has 2 saturated heterocycles. The van der Waals surface area contributed by atoms with Gasteiger partial charge in [-0.3, -0.25) is 9.69 Å². The second-order valence-corrected chi connectivity index (χ2v) is 8.02. The zero-order valence-electron chi connectivity index (χ0n) is 13.0. The third kappa shape index (κ3) is 4.66. The minimum absolute atomic E-state index is 0.183. The Labute approximate surface area is 127 Å². The van der Waals surface area contributed by atoms with Crippen LogP contribution in [0.25, 0.3) is 0 Å². The number of rotatable bonds is 6. The molecule has 2 aliphatic heterocycles. The van der Waals surface area contributed by atoms with Crippen LogP contribution in [0.15, 0.2) is 0 Å². The number of carbonyl (C=O) groups excluding carboxylic acids is 1. The summed E-state index contributed by atoms with van der Waals surface area (Å²) >= 11 is 0. The quantitative estimate of drug-likeness (QED) is 0.720. The van der Waals surface area contributed by atoms with E-state index in [1.807, 2.05) is 4.90 Å². The van der Waals surface area contributed by atoms with Crippen molar-refractivity contribution in [1.29, 1.82) is 0 Å². The Bertz CT molecular complexity index is 466. The molecule has 2 atom stereocenters. The molecular weight excluding hydrogens is 290 g/mol. The van der Waals surface area contributed by atoms with Crippen molar-refractivity contribution < 1.29 is 13.2 Å². The van der Waals surface area contributed by atoms with Crippen molar-refractivity contribution in [3.63, 3.8) is 0 Å². The van der Waals surface area contributed by atoms with E-state index in [1.54, 1.807) is 6.92 Å². The first-order chi connectivity index (χ1) is 9.88. The highest BCUT2D eigenvalue weighted by Gasteiger charge is 2.38. The van der Waals surface area contributed by atoms with Crippen LogP contribution in [0.4, 0.5) is 0 Å². The SMILES string of the molecule is CC(=O)N1CCCC1C1CCCN1CCCNS(C)(=O)=O. The van der Waals surface area contributed by atoms with Crippen LogP contribution in [-0.4, -0.2) is 68.6 Å². The molecule has 0 aromatic rings. The van der Waals surface area contributed by atoms with Gasteiger partial charge < -0.3 is 4.90 Å². The molecule has 21 heavy (non-hydrogen) atoms. The van der Waals surface area contributed by atoms with E-state index >= 15 is 0 Å². The second kappa shape index (κ2) is 7.07. The van der Waals surface area contributed by atoms with Crippen LogP contribution in [-0.2, 0) is 14.8 Å². The number of hydrogen-bond acceptors (Lipinski definition) is 4. The van der Waals surface area contributed by atoms with Crippen molar-refractivity contribution >= 4 is 15.9 Å². The predicted octanol–water partition coefficient (Wildman–Crippen LogP) is 0.401. The van der Waals surface area contributed by atoms with E-state index in [1.165, 1.54) is 12.7 Å². The predicted molar refractivity (Wildman–Crippen MR) is 82.5 cm³/mol. The average Bonchev–Trinajstić information content (AvgIpc) is 3.01. The van der Waals surface area contributed by atoms with Gasteiger partial charge in [0, 0.05) is 32.1 Å². The lowest BCUT2D eigenvalue weighted by Crippen LogP contribution is -2.48. The molecule has 0 radical (unpaired) electrons. The first kappa shape index (κ1) is 16.7. The number of nitrogens with one attached hydrogen (secondary N) is 1. The van der Waals surface area contributed by atoms with E-state index in [0.29, 0.717) is 18.6 Å². The first-order valence-electron chi connectivity index (χ1n) is 7.84. The summed E-state index contributed by atoms with van der Waals surface area (Å²) in [5, 5.41) is 0. The molecule has 1 amide bonds. The van der Waals surface area contributed by atoms with Gasteiger partial charge in [-0.1, -0.05) is 0 Å². The Kier molecular flexibility index (Phi) is 5.62.